The fraction of sp³-hybridized carbons (Fsp3) is 0.500. The Balaban J connectivity index is 2.15. The average molecular weight is 293 g/mol. The Morgan fingerprint density at radius 2 is 2.29 bits per heavy atom. The average Bonchev–Trinajstić information content (AvgIpc) is 2.82. The van der Waals surface area contributed by atoms with E-state index in [-0.39, 0.29) is 17.0 Å². The third-order valence-corrected chi connectivity index (χ3v) is 3.77. The van der Waals surface area contributed by atoms with Gasteiger partial charge in [0, 0.05) is 26.2 Å². The van der Waals surface area contributed by atoms with Crippen molar-refractivity contribution in [2.45, 2.75) is 6.42 Å². The lowest BCUT2D eigenvalue weighted by molar-refractivity contribution is -0.385. The van der Waals surface area contributed by atoms with E-state index in [0.29, 0.717) is 12.5 Å². The maximum Gasteiger partial charge on any atom is 0.282 e. The number of aromatic hydroxyl groups is 1. The minimum absolute atomic E-state index is 0.0751. The molecule has 0 radical (unpaired) electrons. The van der Waals surface area contributed by atoms with E-state index in [1.165, 1.54) is 11.0 Å². The van der Waals surface area contributed by atoms with Crippen LogP contribution in [0, 0.1) is 16.0 Å². The number of rotatable bonds is 4. The second-order valence-corrected chi connectivity index (χ2v) is 5.56. The van der Waals surface area contributed by atoms with Crippen molar-refractivity contribution in [2.75, 3.05) is 33.7 Å². The highest BCUT2D eigenvalue weighted by Crippen LogP contribution is 2.25. The summed E-state index contributed by atoms with van der Waals surface area (Å²) in [5, 5.41) is 20.5. The van der Waals surface area contributed by atoms with Gasteiger partial charge in [0.25, 0.3) is 11.6 Å². The smallest absolute Gasteiger partial charge is 0.282 e. The molecule has 0 aliphatic carbocycles. The first kappa shape index (κ1) is 15.2. The molecule has 1 unspecified atom stereocenters. The number of hydrogen-bond acceptors (Lipinski definition) is 5. The number of nitro groups is 1. The predicted molar refractivity (Wildman–Crippen MR) is 77.3 cm³/mol. The van der Waals surface area contributed by atoms with E-state index in [0.717, 1.165) is 31.6 Å². The summed E-state index contributed by atoms with van der Waals surface area (Å²) in [7, 11) is 3.66. The molecule has 0 bridgehead atoms. The number of hydrogen-bond donors (Lipinski definition) is 1. The Kier molecular flexibility index (Phi) is 4.42. The maximum absolute atomic E-state index is 12.4. The zero-order valence-electron chi connectivity index (χ0n) is 12.2. The van der Waals surface area contributed by atoms with Crippen LogP contribution in [0.1, 0.15) is 16.8 Å². The van der Waals surface area contributed by atoms with E-state index in [2.05, 4.69) is 4.90 Å². The highest BCUT2D eigenvalue weighted by molar-refractivity contribution is 5.98. The van der Waals surface area contributed by atoms with E-state index >= 15 is 0 Å². The molecule has 7 nitrogen and oxygen atoms in total. The molecule has 0 aromatic heterocycles. The van der Waals surface area contributed by atoms with Gasteiger partial charge in [-0.25, -0.2) is 0 Å². The molecule has 7 heteroatoms. The number of nitro benzene ring substituents is 1. The molecule has 1 N–H and O–H groups in total. The first-order valence-electron chi connectivity index (χ1n) is 6.80. The first-order valence-corrected chi connectivity index (χ1v) is 6.80. The molecule has 1 aromatic rings. The Hall–Kier alpha value is -2.15. The summed E-state index contributed by atoms with van der Waals surface area (Å²) in [6, 6.07) is 3.51. The van der Waals surface area contributed by atoms with Gasteiger partial charge in [0.2, 0.25) is 0 Å². The third kappa shape index (κ3) is 3.49. The number of carbonyl (C=O) groups is 1. The van der Waals surface area contributed by atoms with Crippen LogP contribution in [-0.4, -0.2) is 59.5 Å². The third-order valence-electron chi connectivity index (χ3n) is 3.77. The quantitative estimate of drug-likeness (QED) is 0.668. The molecule has 1 aromatic carbocycles. The van der Waals surface area contributed by atoms with Crippen molar-refractivity contribution in [2.24, 2.45) is 5.92 Å². The Morgan fingerprint density at radius 1 is 1.57 bits per heavy atom. The molecule has 1 aliphatic rings. The van der Waals surface area contributed by atoms with Gasteiger partial charge in [-0.05, 0) is 38.1 Å². The fourth-order valence-electron chi connectivity index (χ4n) is 2.71. The molecule has 1 heterocycles. The standard InChI is InChI=1S/C14H19N3O4/c1-15-6-5-10(8-15)9-16(2)14(19)12-7-11(18)3-4-13(12)17(20)21/h3-4,7,10,18H,5-6,8-9H2,1-2H3. The normalized spacial score (nSPS) is 18.7. The van der Waals surface area contributed by atoms with Crippen molar-refractivity contribution in [1.29, 1.82) is 0 Å². The topological polar surface area (TPSA) is 86.9 Å². The zero-order chi connectivity index (χ0) is 15.6. The van der Waals surface area contributed by atoms with E-state index in [4.69, 9.17) is 0 Å². The fourth-order valence-corrected chi connectivity index (χ4v) is 2.71. The molecule has 0 spiro atoms. The van der Waals surface area contributed by atoms with Gasteiger partial charge in [0.05, 0.1) is 4.92 Å². The van der Waals surface area contributed by atoms with Gasteiger partial charge in [0.15, 0.2) is 0 Å². The van der Waals surface area contributed by atoms with Crippen LogP contribution in [0.15, 0.2) is 18.2 Å². The molecule has 2 rings (SSSR count). The van der Waals surface area contributed by atoms with Gasteiger partial charge in [-0.2, -0.15) is 0 Å². The lowest BCUT2D eigenvalue weighted by Gasteiger charge is -2.21. The molecule has 1 aliphatic heterocycles. The minimum atomic E-state index is -0.607. The van der Waals surface area contributed by atoms with Crippen LogP contribution < -0.4 is 0 Å². The molecule has 1 saturated heterocycles. The minimum Gasteiger partial charge on any atom is -0.508 e. The first-order chi connectivity index (χ1) is 9.88. The number of amides is 1. The largest absolute Gasteiger partial charge is 0.508 e. The number of phenols is 1. The second-order valence-electron chi connectivity index (χ2n) is 5.56. The molecular weight excluding hydrogens is 274 g/mol. The molecule has 1 amide bonds. The van der Waals surface area contributed by atoms with Gasteiger partial charge in [-0.15, -0.1) is 0 Å². The molecule has 1 fully saturated rings. The second kappa shape index (κ2) is 6.09. The van der Waals surface area contributed by atoms with Crippen LogP contribution >= 0.6 is 0 Å². The summed E-state index contributed by atoms with van der Waals surface area (Å²) < 4.78 is 0. The van der Waals surface area contributed by atoms with Gasteiger partial charge in [-0.1, -0.05) is 0 Å². The molecular formula is C14H19N3O4. The van der Waals surface area contributed by atoms with Crippen LogP contribution in [0.4, 0.5) is 5.69 Å². The van der Waals surface area contributed by atoms with E-state index in [9.17, 15) is 20.0 Å². The number of phenolic OH excluding ortho intramolecular Hbond substituents is 1. The molecule has 114 valence electrons. The SMILES string of the molecule is CN1CCC(CN(C)C(=O)c2cc(O)ccc2[N+](=O)[O-])C1. The molecule has 21 heavy (non-hydrogen) atoms. The lowest BCUT2D eigenvalue weighted by atomic mass is 10.1. The van der Waals surface area contributed by atoms with E-state index in [1.807, 2.05) is 7.05 Å². The summed E-state index contributed by atoms with van der Waals surface area (Å²) in [5.41, 5.74) is -0.359. The van der Waals surface area contributed by atoms with Crippen LogP contribution in [0.25, 0.3) is 0 Å². The summed E-state index contributed by atoms with van der Waals surface area (Å²) in [6.07, 6.45) is 1.01. The van der Waals surface area contributed by atoms with E-state index in [1.54, 1.807) is 7.05 Å². The summed E-state index contributed by atoms with van der Waals surface area (Å²) in [6.45, 7) is 2.47. The van der Waals surface area contributed by atoms with Gasteiger partial charge < -0.3 is 14.9 Å². The van der Waals surface area contributed by atoms with Crippen LogP contribution in [-0.2, 0) is 0 Å². The highest BCUT2D eigenvalue weighted by atomic mass is 16.6. The van der Waals surface area contributed by atoms with Crippen molar-refractivity contribution in [3.63, 3.8) is 0 Å². The summed E-state index contributed by atoms with van der Waals surface area (Å²) >= 11 is 0. The monoisotopic (exact) mass is 293 g/mol. The van der Waals surface area contributed by atoms with Crippen LogP contribution in [0.3, 0.4) is 0 Å². The predicted octanol–water partition coefficient (Wildman–Crippen LogP) is 1.32. The van der Waals surface area contributed by atoms with Crippen molar-refractivity contribution in [3.05, 3.63) is 33.9 Å². The lowest BCUT2D eigenvalue weighted by Crippen LogP contribution is -2.33. The number of carbonyl (C=O) groups excluding carboxylic acids is 1. The van der Waals surface area contributed by atoms with Gasteiger partial charge in [-0.3, -0.25) is 14.9 Å². The maximum atomic E-state index is 12.4. The molecule has 0 saturated carbocycles. The summed E-state index contributed by atoms with van der Waals surface area (Å²) in [4.78, 5) is 26.5. The van der Waals surface area contributed by atoms with Crippen molar-refractivity contribution < 1.29 is 14.8 Å². The Bertz CT molecular complexity index is 561. The van der Waals surface area contributed by atoms with Gasteiger partial charge >= 0.3 is 0 Å². The van der Waals surface area contributed by atoms with Crippen molar-refractivity contribution in [3.8, 4) is 5.75 Å². The summed E-state index contributed by atoms with van der Waals surface area (Å²) in [5.74, 6) is -0.217. The van der Waals surface area contributed by atoms with Crippen molar-refractivity contribution in [1.82, 2.24) is 9.80 Å². The number of likely N-dealkylation sites (tertiary alicyclic amines) is 1. The Labute approximate surface area is 122 Å². The van der Waals surface area contributed by atoms with Crippen LogP contribution in [0.2, 0.25) is 0 Å². The van der Waals surface area contributed by atoms with Gasteiger partial charge in [0.1, 0.15) is 11.3 Å². The zero-order valence-corrected chi connectivity index (χ0v) is 12.2. The highest BCUT2D eigenvalue weighted by Gasteiger charge is 2.27. The van der Waals surface area contributed by atoms with Crippen molar-refractivity contribution >= 4 is 11.6 Å². The molecule has 1 atom stereocenters. The van der Waals surface area contributed by atoms with Crippen LogP contribution in [0.5, 0.6) is 5.75 Å². The van der Waals surface area contributed by atoms with E-state index < -0.39 is 10.8 Å². The Morgan fingerprint density at radius 3 is 2.86 bits per heavy atom. The number of benzene rings is 1. The number of nitrogens with zero attached hydrogens (tertiary/aromatic N) is 3.